The molecule has 0 saturated carbocycles. The molecule has 28 heavy (non-hydrogen) atoms. The van der Waals surface area contributed by atoms with Crippen molar-refractivity contribution < 1.29 is 27.8 Å². The average Bonchev–Trinajstić information content (AvgIpc) is 2.69. The lowest BCUT2D eigenvalue weighted by Crippen LogP contribution is -2.30. The third-order valence-electron chi connectivity index (χ3n) is 4.08. The number of hydrogen-bond acceptors (Lipinski definition) is 4. The van der Waals surface area contributed by atoms with Gasteiger partial charge in [0, 0.05) is 29.9 Å². The van der Waals surface area contributed by atoms with Crippen molar-refractivity contribution in [3.05, 3.63) is 53.6 Å². The van der Waals surface area contributed by atoms with Gasteiger partial charge >= 0.3 is 6.61 Å². The molecule has 0 spiro atoms. The zero-order chi connectivity index (χ0) is 20.7. The van der Waals surface area contributed by atoms with Crippen LogP contribution in [0.25, 0.3) is 0 Å². The topological polar surface area (TPSA) is 67.9 Å². The van der Waals surface area contributed by atoms with Crippen molar-refractivity contribution in [2.75, 3.05) is 25.5 Å². The van der Waals surface area contributed by atoms with Gasteiger partial charge in [-0.15, -0.1) is 0 Å². The number of halogens is 2. The van der Waals surface area contributed by atoms with Gasteiger partial charge in [0.05, 0.1) is 7.11 Å². The second-order valence-corrected chi connectivity index (χ2v) is 5.75. The molecule has 0 saturated heterocycles. The van der Waals surface area contributed by atoms with E-state index in [9.17, 15) is 18.4 Å². The summed E-state index contributed by atoms with van der Waals surface area (Å²) in [5.41, 5.74) is 1.23. The van der Waals surface area contributed by atoms with Gasteiger partial charge in [0.1, 0.15) is 0 Å². The van der Waals surface area contributed by atoms with Crippen molar-refractivity contribution in [3.63, 3.8) is 0 Å². The first-order chi connectivity index (χ1) is 13.4. The van der Waals surface area contributed by atoms with Crippen LogP contribution in [0.3, 0.4) is 0 Å². The van der Waals surface area contributed by atoms with Crippen LogP contribution in [0.15, 0.2) is 42.5 Å². The summed E-state index contributed by atoms with van der Waals surface area (Å²) in [6.07, 6.45) is 0. The highest BCUT2D eigenvalue weighted by molar-refractivity contribution is 6.05. The number of alkyl halides is 2. The Labute approximate surface area is 162 Å². The smallest absolute Gasteiger partial charge is 0.387 e. The number of benzene rings is 2. The van der Waals surface area contributed by atoms with E-state index in [0.29, 0.717) is 24.3 Å². The van der Waals surface area contributed by atoms with E-state index in [2.05, 4.69) is 10.1 Å². The number of ether oxygens (including phenoxy) is 2. The number of carbonyl (C=O) groups excluding carboxylic acids is 2. The van der Waals surface area contributed by atoms with E-state index in [4.69, 9.17) is 4.74 Å². The fourth-order valence-corrected chi connectivity index (χ4v) is 2.59. The summed E-state index contributed by atoms with van der Waals surface area (Å²) in [6, 6.07) is 10.4. The first-order valence-electron chi connectivity index (χ1n) is 8.73. The molecule has 8 heteroatoms. The van der Waals surface area contributed by atoms with E-state index >= 15 is 0 Å². The molecule has 0 fully saturated rings. The summed E-state index contributed by atoms with van der Waals surface area (Å²) in [7, 11) is 1.29. The van der Waals surface area contributed by atoms with Crippen molar-refractivity contribution in [1.82, 2.24) is 4.90 Å². The van der Waals surface area contributed by atoms with Gasteiger partial charge in [0.15, 0.2) is 11.5 Å². The molecule has 150 valence electrons. The molecule has 0 radical (unpaired) electrons. The minimum atomic E-state index is -2.99. The number of carbonyl (C=O) groups is 2. The van der Waals surface area contributed by atoms with E-state index in [1.165, 1.54) is 25.3 Å². The Morgan fingerprint density at radius 3 is 2.14 bits per heavy atom. The Balaban J connectivity index is 2.11. The van der Waals surface area contributed by atoms with Gasteiger partial charge in [-0.1, -0.05) is 0 Å². The molecular weight excluding hydrogens is 370 g/mol. The Bertz CT molecular complexity index is 821. The van der Waals surface area contributed by atoms with E-state index in [0.717, 1.165) is 0 Å². The Hall–Kier alpha value is -3.16. The molecule has 2 aromatic rings. The summed E-state index contributed by atoms with van der Waals surface area (Å²) >= 11 is 0. The van der Waals surface area contributed by atoms with Crippen LogP contribution in [0.1, 0.15) is 34.6 Å². The van der Waals surface area contributed by atoms with Crippen molar-refractivity contribution in [2.45, 2.75) is 20.5 Å². The number of amides is 2. The number of rotatable bonds is 8. The molecule has 0 aliphatic heterocycles. The van der Waals surface area contributed by atoms with Crippen LogP contribution in [-0.2, 0) is 0 Å². The van der Waals surface area contributed by atoms with Crippen molar-refractivity contribution in [1.29, 1.82) is 0 Å². The first kappa shape index (κ1) is 21.1. The molecule has 2 rings (SSSR count). The van der Waals surface area contributed by atoms with E-state index in [1.807, 2.05) is 13.8 Å². The Morgan fingerprint density at radius 1 is 1.00 bits per heavy atom. The molecule has 0 aliphatic carbocycles. The molecule has 0 heterocycles. The first-order valence-corrected chi connectivity index (χ1v) is 8.73. The maximum Gasteiger partial charge on any atom is 0.387 e. The molecule has 0 aromatic heterocycles. The van der Waals surface area contributed by atoms with E-state index in [1.54, 1.807) is 29.2 Å². The van der Waals surface area contributed by atoms with Gasteiger partial charge in [-0.3, -0.25) is 9.59 Å². The molecule has 2 amide bonds. The molecule has 1 N–H and O–H groups in total. The molecule has 0 unspecified atom stereocenters. The molecule has 0 bridgehead atoms. The number of hydrogen-bond donors (Lipinski definition) is 1. The van der Waals surface area contributed by atoms with Crippen molar-refractivity contribution >= 4 is 17.5 Å². The number of anilines is 1. The van der Waals surface area contributed by atoms with Crippen LogP contribution in [0.5, 0.6) is 11.5 Å². The predicted molar refractivity (Wildman–Crippen MR) is 101 cm³/mol. The van der Waals surface area contributed by atoms with Gasteiger partial charge in [0.25, 0.3) is 11.8 Å². The van der Waals surface area contributed by atoms with Gasteiger partial charge < -0.3 is 19.7 Å². The van der Waals surface area contributed by atoms with Gasteiger partial charge in [-0.05, 0) is 56.3 Å². The number of methoxy groups -OCH3 is 1. The zero-order valence-corrected chi connectivity index (χ0v) is 15.9. The Morgan fingerprint density at radius 2 is 1.61 bits per heavy atom. The highest BCUT2D eigenvalue weighted by Gasteiger charge is 2.15. The summed E-state index contributed by atoms with van der Waals surface area (Å²) < 4.78 is 34.1. The predicted octanol–water partition coefficient (Wildman–Crippen LogP) is 4.03. The Kier molecular flexibility index (Phi) is 7.31. The standard InChI is InChI=1S/C20H22F2N2O4/c1-4-24(5-2)19(26)13-6-9-15(10-7-13)23-18(25)14-8-11-16(28-20(21)22)17(12-14)27-3/h6-12,20H,4-5H2,1-3H3,(H,23,25). The third-order valence-corrected chi connectivity index (χ3v) is 4.08. The highest BCUT2D eigenvalue weighted by Crippen LogP contribution is 2.29. The maximum atomic E-state index is 12.4. The molecule has 6 nitrogen and oxygen atoms in total. The molecule has 2 aromatic carbocycles. The van der Waals surface area contributed by atoms with Crippen LogP contribution < -0.4 is 14.8 Å². The van der Waals surface area contributed by atoms with Crippen LogP contribution >= 0.6 is 0 Å². The van der Waals surface area contributed by atoms with Gasteiger partial charge in [-0.2, -0.15) is 8.78 Å². The van der Waals surface area contributed by atoms with Crippen LogP contribution in [0, 0.1) is 0 Å². The van der Waals surface area contributed by atoms with Crippen molar-refractivity contribution in [2.24, 2.45) is 0 Å². The largest absolute Gasteiger partial charge is 0.493 e. The molecule has 0 atom stereocenters. The van der Waals surface area contributed by atoms with E-state index < -0.39 is 12.5 Å². The van der Waals surface area contributed by atoms with E-state index in [-0.39, 0.29) is 23.0 Å². The summed E-state index contributed by atoms with van der Waals surface area (Å²) in [6.45, 7) is 2.04. The monoisotopic (exact) mass is 392 g/mol. The SMILES string of the molecule is CCN(CC)C(=O)c1ccc(NC(=O)c2ccc(OC(F)F)c(OC)c2)cc1. The van der Waals surface area contributed by atoms with Crippen LogP contribution in [0.2, 0.25) is 0 Å². The highest BCUT2D eigenvalue weighted by atomic mass is 19.3. The summed E-state index contributed by atoms with van der Waals surface area (Å²) in [5.74, 6) is -0.673. The van der Waals surface area contributed by atoms with Gasteiger partial charge in [0.2, 0.25) is 0 Å². The number of nitrogens with zero attached hydrogens (tertiary/aromatic N) is 1. The van der Waals surface area contributed by atoms with Gasteiger partial charge in [-0.25, -0.2) is 0 Å². The van der Waals surface area contributed by atoms with Crippen molar-refractivity contribution in [3.8, 4) is 11.5 Å². The fourth-order valence-electron chi connectivity index (χ4n) is 2.59. The quantitative estimate of drug-likeness (QED) is 0.737. The fraction of sp³-hybridized carbons (Fsp3) is 0.300. The summed E-state index contributed by atoms with van der Waals surface area (Å²) in [4.78, 5) is 26.4. The lowest BCUT2D eigenvalue weighted by molar-refractivity contribution is -0.0512. The second kappa shape index (κ2) is 9.68. The lowest BCUT2D eigenvalue weighted by atomic mass is 10.1. The third kappa shape index (κ3) is 5.18. The normalized spacial score (nSPS) is 10.5. The average molecular weight is 392 g/mol. The minimum Gasteiger partial charge on any atom is -0.493 e. The zero-order valence-electron chi connectivity index (χ0n) is 15.9. The number of nitrogens with one attached hydrogen (secondary N) is 1. The lowest BCUT2D eigenvalue weighted by Gasteiger charge is -2.18. The minimum absolute atomic E-state index is 0.0214. The maximum absolute atomic E-state index is 12.4. The van der Waals surface area contributed by atoms with Crippen LogP contribution in [-0.4, -0.2) is 43.5 Å². The summed E-state index contributed by atoms with van der Waals surface area (Å²) in [5, 5.41) is 2.68. The van der Waals surface area contributed by atoms with Crippen LogP contribution in [0.4, 0.5) is 14.5 Å². The molecular formula is C20H22F2N2O4. The second-order valence-electron chi connectivity index (χ2n) is 5.75. The molecule has 0 aliphatic rings.